The number of benzene rings is 1. The van der Waals surface area contributed by atoms with Crippen LogP contribution in [0.5, 0.6) is 0 Å². The van der Waals surface area contributed by atoms with Crippen molar-refractivity contribution in [1.29, 1.82) is 0 Å². The van der Waals surface area contributed by atoms with Crippen LogP contribution in [0.15, 0.2) is 22.7 Å². The average molecular weight is 325 g/mol. The van der Waals surface area contributed by atoms with Gasteiger partial charge in [0, 0.05) is 16.5 Å². The number of ketones is 1. The Hall–Kier alpha value is -0.630. The second-order valence-corrected chi connectivity index (χ2v) is 6.13. The molecule has 2 heteroatoms. The fourth-order valence-electron chi connectivity index (χ4n) is 2.22. The number of hydrogen-bond donors (Lipinski definition) is 0. The Balaban J connectivity index is 2.24. The highest BCUT2D eigenvalue weighted by molar-refractivity contribution is 9.10. The summed E-state index contributed by atoms with van der Waals surface area (Å²) in [7, 11) is 0. The number of rotatable bonds is 9. The molecule has 0 spiro atoms. The zero-order chi connectivity index (χ0) is 14.1. The second-order valence-electron chi connectivity index (χ2n) is 5.28. The minimum atomic E-state index is 0.264. The molecule has 0 fully saturated rings. The minimum Gasteiger partial charge on any atom is -0.294 e. The van der Waals surface area contributed by atoms with Crippen LogP contribution >= 0.6 is 15.9 Å². The molecule has 0 unspecified atom stereocenters. The van der Waals surface area contributed by atoms with Crippen molar-refractivity contribution in [2.24, 2.45) is 0 Å². The molecular weight excluding hydrogens is 300 g/mol. The van der Waals surface area contributed by atoms with Gasteiger partial charge in [-0.15, -0.1) is 0 Å². The Morgan fingerprint density at radius 1 is 1.05 bits per heavy atom. The fraction of sp³-hybridized carbons (Fsp3) is 0.588. The fourth-order valence-corrected chi connectivity index (χ4v) is 2.94. The van der Waals surface area contributed by atoms with E-state index in [1.54, 1.807) is 0 Å². The normalized spacial score (nSPS) is 10.7. The Kier molecular flexibility index (Phi) is 8.04. The van der Waals surface area contributed by atoms with Gasteiger partial charge in [-0.25, -0.2) is 0 Å². The maximum Gasteiger partial charge on any atom is 0.164 e. The van der Waals surface area contributed by atoms with Crippen LogP contribution in [0.4, 0.5) is 0 Å². The molecule has 0 aliphatic carbocycles. The first-order valence-electron chi connectivity index (χ1n) is 7.44. The molecule has 106 valence electrons. The standard InChI is InChI=1S/C17H25BrO/c1-3-4-5-6-7-8-9-10-17(19)15-12-11-14(2)13-16(15)18/h11-13H,3-10H2,1-2H3. The van der Waals surface area contributed by atoms with Gasteiger partial charge >= 0.3 is 0 Å². The van der Waals surface area contributed by atoms with E-state index in [0.29, 0.717) is 6.42 Å². The van der Waals surface area contributed by atoms with Gasteiger partial charge < -0.3 is 0 Å². The summed E-state index contributed by atoms with van der Waals surface area (Å²) in [5, 5.41) is 0. The van der Waals surface area contributed by atoms with Gasteiger partial charge in [0.15, 0.2) is 5.78 Å². The van der Waals surface area contributed by atoms with Gasteiger partial charge in [-0.05, 0) is 25.0 Å². The van der Waals surface area contributed by atoms with Crippen LogP contribution < -0.4 is 0 Å². The third-order valence-electron chi connectivity index (χ3n) is 3.43. The highest BCUT2D eigenvalue weighted by atomic mass is 79.9. The number of carbonyl (C=O) groups is 1. The number of hydrogen-bond acceptors (Lipinski definition) is 1. The van der Waals surface area contributed by atoms with Crippen molar-refractivity contribution in [3.63, 3.8) is 0 Å². The van der Waals surface area contributed by atoms with E-state index in [1.165, 1.54) is 44.1 Å². The van der Waals surface area contributed by atoms with E-state index in [1.807, 2.05) is 25.1 Å². The summed E-state index contributed by atoms with van der Waals surface area (Å²) >= 11 is 3.48. The summed E-state index contributed by atoms with van der Waals surface area (Å²) in [6.07, 6.45) is 9.43. The van der Waals surface area contributed by atoms with E-state index in [4.69, 9.17) is 0 Å². The van der Waals surface area contributed by atoms with Gasteiger partial charge in [-0.3, -0.25) is 4.79 Å². The summed E-state index contributed by atoms with van der Waals surface area (Å²) in [6, 6.07) is 5.95. The lowest BCUT2D eigenvalue weighted by Gasteiger charge is -2.05. The van der Waals surface area contributed by atoms with Gasteiger partial charge in [-0.2, -0.15) is 0 Å². The van der Waals surface area contributed by atoms with Gasteiger partial charge in [0.25, 0.3) is 0 Å². The molecule has 0 aliphatic rings. The highest BCUT2D eigenvalue weighted by Crippen LogP contribution is 2.21. The topological polar surface area (TPSA) is 17.1 Å². The molecule has 0 saturated heterocycles. The number of halogens is 1. The third-order valence-corrected chi connectivity index (χ3v) is 4.09. The van der Waals surface area contributed by atoms with Crippen molar-refractivity contribution in [2.75, 3.05) is 0 Å². The maximum atomic E-state index is 12.1. The predicted octanol–water partition coefficient (Wildman–Crippen LogP) is 6.08. The minimum absolute atomic E-state index is 0.264. The monoisotopic (exact) mass is 324 g/mol. The van der Waals surface area contributed by atoms with Crippen molar-refractivity contribution in [3.05, 3.63) is 33.8 Å². The molecule has 0 atom stereocenters. The first kappa shape index (κ1) is 16.4. The first-order valence-corrected chi connectivity index (χ1v) is 8.23. The molecule has 0 N–H and O–H groups in total. The SMILES string of the molecule is CCCCCCCCCC(=O)c1ccc(C)cc1Br. The molecule has 0 aromatic heterocycles. The second kappa shape index (κ2) is 9.30. The van der Waals surface area contributed by atoms with E-state index in [2.05, 4.69) is 22.9 Å². The maximum absolute atomic E-state index is 12.1. The highest BCUT2D eigenvalue weighted by Gasteiger charge is 2.09. The molecule has 0 aliphatic heterocycles. The first-order chi connectivity index (χ1) is 9.15. The summed E-state index contributed by atoms with van der Waals surface area (Å²) in [5.41, 5.74) is 2.01. The Bertz CT molecular complexity index is 398. The van der Waals surface area contributed by atoms with Crippen molar-refractivity contribution in [2.45, 2.75) is 65.2 Å². The quantitative estimate of drug-likeness (QED) is 0.397. The van der Waals surface area contributed by atoms with E-state index >= 15 is 0 Å². The van der Waals surface area contributed by atoms with Gasteiger partial charge in [0.2, 0.25) is 0 Å². The molecule has 0 bridgehead atoms. The molecule has 0 saturated carbocycles. The molecule has 1 nitrogen and oxygen atoms in total. The lowest BCUT2D eigenvalue weighted by atomic mass is 10.0. The van der Waals surface area contributed by atoms with Crippen LogP contribution in [0.25, 0.3) is 0 Å². The molecule has 0 heterocycles. The molecule has 0 radical (unpaired) electrons. The predicted molar refractivity (Wildman–Crippen MR) is 85.8 cm³/mol. The van der Waals surface area contributed by atoms with Crippen molar-refractivity contribution < 1.29 is 4.79 Å². The summed E-state index contributed by atoms with van der Waals surface area (Å²) in [6.45, 7) is 4.27. The smallest absolute Gasteiger partial charge is 0.164 e. The summed E-state index contributed by atoms with van der Waals surface area (Å²) in [4.78, 5) is 12.1. The third kappa shape index (κ3) is 6.38. The van der Waals surface area contributed by atoms with Crippen LogP contribution in [-0.2, 0) is 0 Å². The van der Waals surface area contributed by atoms with Gasteiger partial charge in [0.05, 0.1) is 0 Å². The van der Waals surface area contributed by atoms with Gasteiger partial charge in [0.1, 0.15) is 0 Å². The molecule has 0 amide bonds. The van der Waals surface area contributed by atoms with Crippen LogP contribution in [0.3, 0.4) is 0 Å². The lowest BCUT2D eigenvalue weighted by molar-refractivity contribution is 0.0978. The van der Waals surface area contributed by atoms with E-state index < -0.39 is 0 Å². The van der Waals surface area contributed by atoms with Crippen LogP contribution in [0, 0.1) is 6.92 Å². The van der Waals surface area contributed by atoms with E-state index in [-0.39, 0.29) is 5.78 Å². The van der Waals surface area contributed by atoms with Crippen LogP contribution in [-0.4, -0.2) is 5.78 Å². The van der Waals surface area contributed by atoms with Crippen molar-refractivity contribution >= 4 is 21.7 Å². The Morgan fingerprint density at radius 2 is 1.68 bits per heavy atom. The number of Topliss-reactive ketones (excluding diaryl/α,β-unsaturated/α-hetero) is 1. The van der Waals surface area contributed by atoms with Crippen LogP contribution in [0.1, 0.15) is 74.2 Å². The van der Waals surface area contributed by atoms with E-state index in [9.17, 15) is 4.79 Å². The van der Waals surface area contributed by atoms with Crippen LogP contribution in [0.2, 0.25) is 0 Å². The van der Waals surface area contributed by atoms with Gasteiger partial charge in [-0.1, -0.05) is 73.5 Å². The van der Waals surface area contributed by atoms with Crippen molar-refractivity contribution in [3.8, 4) is 0 Å². The molecule has 1 aromatic carbocycles. The zero-order valence-corrected chi connectivity index (χ0v) is 13.8. The molecule has 1 aromatic rings. The lowest BCUT2D eigenvalue weighted by Crippen LogP contribution is -2.00. The Labute approximate surface area is 125 Å². The largest absolute Gasteiger partial charge is 0.294 e. The number of carbonyl (C=O) groups excluding carboxylic acids is 1. The zero-order valence-electron chi connectivity index (χ0n) is 12.2. The Morgan fingerprint density at radius 3 is 2.32 bits per heavy atom. The van der Waals surface area contributed by atoms with Crippen molar-refractivity contribution in [1.82, 2.24) is 0 Å². The average Bonchev–Trinajstić information content (AvgIpc) is 2.37. The number of unbranched alkanes of at least 4 members (excludes halogenated alkanes) is 6. The molecular formula is C17H25BrO. The summed E-state index contributed by atoms with van der Waals surface area (Å²) in [5.74, 6) is 0.264. The molecule has 19 heavy (non-hydrogen) atoms. The van der Waals surface area contributed by atoms with E-state index in [0.717, 1.165) is 16.5 Å². The summed E-state index contributed by atoms with van der Waals surface area (Å²) < 4.78 is 0.931. The molecule has 1 rings (SSSR count). The number of aryl methyl sites for hydroxylation is 1.